The van der Waals surface area contributed by atoms with Crippen molar-refractivity contribution in [2.75, 3.05) is 5.73 Å². The highest BCUT2D eigenvalue weighted by atomic mass is 16.5. The quantitative estimate of drug-likeness (QED) is 0.892. The van der Waals surface area contributed by atoms with Crippen molar-refractivity contribution in [3.8, 4) is 0 Å². The van der Waals surface area contributed by atoms with Crippen molar-refractivity contribution < 1.29 is 4.52 Å². The Bertz CT molecular complexity index is 543. The Morgan fingerprint density at radius 1 is 1.21 bits per heavy atom. The Kier molecular flexibility index (Phi) is 4.25. The van der Waals surface area contributed by atoms with E-state index in [1.807, 2.05) is 0 Å². The molecule has 1 aromatic heterocycles. The molecule has 0 spiro atoms. The molecule has 102 valence electrons. The van der Waals surface area contributed by atoms with Gasteiger partial charge in [-0.1, -0.05) is 43.3 Å². The molecule has 0 aliphatic rings. The van der Waals surface area contributed by atoms with Gasteiger partial charge in [-0.3, -0.25) is 0 Å². The lowest BCUT2D eigenvalue weighted by Crippen LogP contribution is -2.02. The number of nitrogens with zero attached hydrogens (tertiary/aromatic N) is 1. The Morgan fingerprint density at radius 3 is 2.63 bits per heavy atom. The van der Waals surface area contributed by atoms with Gasteiger partial charge in [-0.05, 0) is 36.8 Å². The van der Waals surface area contributed by atoms with Crippen LogP contribution in [0.2, 0.25) is 0 Å². The first-order chi connectivity index (χ1) is 9.08. The second-order valence-corrected chi connectivity index (χ2v) is 5.49. The van der Waals surface area contributed by atoms with Crippen molar-refractivity contribution in [3.05, 3.63) is 46.7 Å². The van der Waals surface area contributed by atoms with Gasteiger partial charge in [0.15, 0.2) is 5.82 Å². The second kappa shape index (κ2) is 5.91. The molecule has 0 radical (unpaired) electrons. The van der Waals surface area contributed by atoms with Gasteiger partial charge in [0.25, 0.3) is 0 Å². The van der Waals surface area contributed by atoms with Crippen molar-refractivity contribution in [1.29, 1.82) is 0 Å². The summed E-state index contributed by atoms with van der Waals surface area (Å²) in [6, 6.07) is 8.44. The highest BCUT2D eigenvalue weighted by Crippen LogP contribution is 2.22. The van der Waals surface area contributed by atoms with Crippen molar-refractivity contribution >= 4 is 5.82 Å². The van der Waals surface area contributed by atoms with E-state index in [0.717, 1.165) is 30.6 Å². The number of aromatic nitrogens is 1. The van der Waals surface area contributed by atoms with Gasteiger partial charge < -0.3 is 10.3 Å². The summed E-state index contributed by atoms with van der Waals surface area (Å²) in [7, 11) is 0. The Hall–Kier alpha value is -1.77. The van der Waals surface area contributed by atoms with Crippen LogP contribution in [0.3, 0.4) is 0 Å². The van der Waals surface area contributed by atoms with E-state index in [0.29, 0.717) is 11.7 Å². The van der Waals surface area contributed by atoms with Crippen LogP contribution in [0.25, 0.3) is 0 Å². The molecule has 0 aliphatic carbocycles. The minimum atomic E-state index is 0.550. The van der Waals surface area contributed by atoms with Crippen LogP contribution in [0.5, 0.6) is 0 Å². The maximum Gasteiger partial charge on any atom is 0.170 e. The second-order valence-electron chi connectivity index (χ2n) is 5.49. The number of aryl methyl sites for hydroxylation is 3. The molecule has 1 heterocycles. The molecule has 3 nitrogen and oxygen atoms in total. The number of nitrogens with two attached hydrogens (primary N) is 1. The summed E-state index contributed by atoms with van der Waals surface area (Å²) in [4.78, 5) is 0. The summed E-state index contributed by atoms with van der Waals surface area (Å²) in [6.07, 6.45) is 2.75. The average Bonchev–Trinajstić information content (AvgIpc) is 2.70. The zero-order valence-electron chi connectivity index (χ0n) is 11.9. The number of hydrogen-bond donors (Lipinski definition) is 1. The van der Waals surface area contributed by atoms with Gasteiger partial charge in [-0.25, -0.2) is 0 Å². The predicted molar refractivity (Wildman–Crippen MR) is 78.0 cm³/mol. The Morgan fingerprint density at radius 2 is 1.95 bits per heavy atom. The molecule has 1 aromatic carbocycles. The zero-order valence-corrected chi connectivity index (χ0v) is 11.9. The summed E-state index contributed by atoms with van der Waals surface area (Å²) in [5.74, 6) is 2.04. The van der Waals surface area contributed by atoms with Crippen LogP contribution in [-0.2, 0) is 19.3 Å². The van der Waals surface area contributed by atoms with E-state index in [1.54, 1.807) is 0 Å². The molecule has 0 aliphatic heterocycles. The molecule has 0 saturated carbocycles. The maximum atomic E-state index is 5.88. The summed E-state index contributed by atoms with van der Waals surface area (Å²) < 4.78 is 5.38. The molecule has 0 saturated heterocycles. The fourth-order valence-corrected chi connectivity index (χ4v) is 2.32. The summed E-state index contributed by atoms with van der Waals surface area (Å²) >= 11 is 0. The van der Waals surface area contributed by atoms with Gasteiger partial charge in [0.2, 0.25) is 0 Å². The summed E-state index contributed by atoms with van der Waals surface area (Å²) in [5, 5.41) is 3.91. The Balaban J connectivity index is 2.10. The monoisotopic (exact) mass is 258 g/mol. The van der Waals surface area contributed by atoms with Crippen molar-refractivity contribution in [2.45, 2.75) is 40.0 Å². The highest BCUT2D eigenvalue weighted by molar-refractivity contribution is 5.41. The van der Waals surface area contributed by atoms with Crippen LogP contribution in [0.15, 0.2) is 28.8 Å². The third-order valence-electron chi connectivity index (χ3n) is 3.39. The molecule has 0 unspecified atom stereocenters. The minimum absolute atomic E-state index is 0.550. The SMILES string of the molecule is Cc1ccccc1CCc1onc(N)c1CC(C)C. The molecule has 0 fully saturated rings. The van der Waals surface area contributed by atoms with Gasteiger partial charge >= 0.3 is 0 Å². The van der Waals surface area contributed by atoms with Crippen LogP contribution in [0.4, 0.5) is 5.82 Å². The molecule has 2 rings (SSSR count). The number of anilines is 1. The molecule has 2 N–H and O–H groups in total. The van der Waals surface area contributed by atoms with Crippen LogP contribution >= 0.6 is 0 Å². The first-order valence-electron chi connectivity index (χ1n) is 6.85. The lowest BCUT2D eigenvalue weighted by molar-refractivity contribution is 0.383. The average molecular weight is 258 g/mol. The number of nitrogen functional groups attached to an aromatic ring is 1. The number of benzene rings is 1. The topological polar surface area (TPSA) is 52.0 Å². The number of hydrogen-bond acceptors (Lipinski definition) is 3. The summed E-state index contributed by atoms with van der Waals surface area (Å²) in [5.41, 5.74) is 9.64. The van der Waals surface area contributed by atoms with Crippen LogP contribution in [-0.4, -0.2) is 5.16 Å². The van der Waals surface area contributed by atoms with Gasteiger partial charge in [-0.2, -0.15) is 0 Å². The lowest BCUT2D eigenvalue weighted by Gasteiger charge is -2.06. The predicted octanol–water partition coefficient (Wildman–Crippen LogP) is 3.55. The molecule has 0 amide bonds. The highest BCUT2D eigenvalue weighted by Gasteiger charge is 2.15. The largest absolute Gasteiger partial charge is 0.381 e. The normalized spacial score (nSPS) is 11.2. The van der Waals surface area contributed by atoms with E-state index in [-0.39, 0.29) is 0 Å². The van der Waals surface area contributed by atoms with Crippen LogP contribution in [0, 0.1) is 12.8 Å². The third kappa shape index (κ3) is 3.37. The molecular formula is C16H22N2O. The van der Waals surface area contributed by atoms with E-state index in [1.165, 1.54) is 11.1 Å². The molecule has 19 heavy (non-hydrogen) atoms. The van der Waals surface area contributed by atoms with Crippen LogP contribution in [0.1, 0.15) is 36.3 Å². The van der Waals surface area contributed by atoms with Crippen molar-refractivity contribution in [1.82, 2.24) is 5.16 Å². The third-order valence-corrected chi connectivity index (χ3v) is 3.39. The summed E-state index contributed by atoms with van der Waals surface area (Å²) in [6.45, 7) is 6.49. The first-order valence-corrected chi connectivity index (χ1v) is 6.85. The van der Waals surface area contributed by atoms with Crippen molar-refractivity contribution in [3.63, 3.8) is 0 Å². The smallest absolute Gasteiger partial charge is 0.170 e. The molecule has 2 aromatic rings. The van der Waals surface area contributed by atoms with E-state index < -0.39 is 0 Å². The molecule has 0 bridgehead atoms. The van der Waals surface area contributed by atoms with E-state index >= 15 is 0 Å². The van der Waals surface area contributed by atoms with E-state index in [9.17, 15) is 0 Å². The first kappa shape index (κ1) is 13.7. The Labute approximate surface area is 114 Å². The fraction of sp³-hybridized carbons (Fsp3) is 0.438. The molecular weight excluding hydrogens is 236 g/mol. The standard InChI is InChI=1S/C16H22N2O/c1-11(2)10-14-15(19-18-16(14)17)9-8-13-7-5-4-6-12(13)3/h4-7,11H,8-10H2,1-3H3,(H2,17,18). The zero-order chi connectivity index (χ0) is 13.8. The van der Waals surface area contributed by atoms with Crippen molar-refractivity contribution in [2.24, 2.45) is 5.92 Å². The van der Waals surface area contributed by atoms with Gasteiger partial charge in [0, 0.05) is 12.0 Å². The van der Waals surface area contributed by atoms with E-state index in [2.05, 4.69) is 50.2 Å². The van der Waals surface area contributed by atoms with Gasteiger partial charge in [0.05, 0.1) is 0 Å². The minimum Gasteiger partial charge on any atom is -0.381 e. The molecule has 0 atom stereocenters. The fourth-order valence-electron chi connectivity index (χ4n) is 2.32. The van der Waals surface area contributed by atoms with Gasteiger partial charge in [-0.15, -0.1) is 0 Å². The van der Waals surface area contributed by atoms with Crippen LogP contribution < -0.4 is 5.73 Å². The lowest BCUT2D eigenvalue weighted by atomic mass is 9.98. The molecule has 3 heteroatoms. The van der Waals surface area contributed by atoms with Gasteiger partial charge in [0.1, 0.15) is 5.76 Å². The maximum absolute atomic E-state index is 5.88. The van der Waals surface area contributed by atoms with E-state index in [4.69, 9.17) is 10.3 Å². The number of rotatable bonds is 5.